The Kier molecular flexibility index (Phi) is 4.94. The monoisotopic (exact) mass is 229 g/mol. The van der Waals surface area contributed by atoms with Gasteiger partial charge in [0.05, 0.1) is 0 Å². The highest BCUT2D eigenvalue weighted by molar-refractivity contribution is 8.13. The average Bonchev–Trinajstić information content (AvgIpc) is 2.25. The van der Waals surface area contributed by atoms with Gasteiger partial charge in [0.1, 0.15) is 6.54 Å². The predicted molar refractivity (Wildman–Crippen MR) is 65.3 cm³/mol. The highest BCUT2D eigenvalue weighted by atomic mass is 32.2. The Morgan fingerprint density at radius 2 is 2.47 bits per heavy atom. The van der Waals surface area contributed by atoms with Gasteiger partial charge in [0, 0.05) is 25.4 Å². The molecule has 86 valence electrons. The topological polar surface area (TPSA) is 44.7 Å². The maximum atomic E-state index is 11.5. The molecule has 0 saturated carbocycles. The molecule has 0 aliphatic carbocycles. The highest BCUT2D eigenvalue weighted by Gasteiger charge is 2.13. The van der Waals surface area contributed by atoms with Gasteiger partial charge in [-0.25, -0.2) is 0 Å². The number of likely N-dealkylation sites (N-methyl/N-ethyl adjacent to an activating group) is 1. The molecular weight excluding hydrogens is 210 g/mol. The standard InChI is InChI=1S/C10H19N3OS/c1-4-13(3)9(14)7-11-10-12-8(2)5-6-15-10/h8H,4-7H2,1-3H3,(H,11,12). The van der Waals surface area contributed by atoms with Crippen molar-refractivity contribution in [1.29, 1.82) is 0 Å². The van der Waals surface area contributed by atoms with E-state index in [4.69, 9.17) is 0 Å². The molecule has 1 amide bonds. The quantitative estimate of drug-likeness (QED) is 0.783. The number of carbonyl (C=O) groups is 1. The van der Waals surface area contributed by atoms with Crippen molar-refractivity contribution in [1.82, 2.24) is 10.2 Å². The molecule has 1 heterocycles. The van der Waals surface area contributed by atoms with Gasteiger partial charge in [-0.05, 0) is 20.3 Å². The normalized spacial score (nSPS) is 23.7. The van der Waals surface area contributed by atoms with Gasteiger partial charge in [0.25, 0.3) is 0 Å². The van der Waals surface area contributed by atoms with Crippen LogP contribution in [0.3, 0.4) is 0 Å². The molecule has 1 rings (SSSR count). The number of nitrogens with one attached hydrogen (secondary N) is 1. The number of thioether (sulfide) groups is 1. The molecule has 0 aromatic carbocycles. The van der Waals surface area contributed by atoms with Gasteiger partial charge in [-0.2, -0.15) is 0 Å². The van der Waals surface area contributed by atoms with Gasteiger partial charge in [-0.1, -0.05) is 11.8 Å². The zero-order chi connectivity index (χ0) is 11.3. The maximum Gasteiger partial charge on any atom is 0.244 e. The predicted octanol–water partition coefficient (Wildman–Crippen LogP) is 0.936. The zero-order valence-corrected chi connectivity index (χ0v) is 10.4. The Hall–Kier alpha value is -0.710. The molecule has 1 N–H and O–H groups in total. The zero-order valence-electron chi connectivity index (χ0n) is 9.62. The molecule has 1 saturated heterocycles. The number of amides is 1. The molecular formula is C10H19N3OS. The van der Waals surface area contributed by atoms with E-state index in [0.717, 1.165) is 23.9 Å². The number of carbonyl (C=O) groups excluding carboxylic acids is 1. The minimum atomic E-state index is 0.0747. The van der Waals surface area contributed by atoms with Crippen molar-refractivity contribution in [3.63, 3.8) is 0 Å². The minimum absolute atomic E-state index is 0.0747. The summed E-state index contributed by atoms with van der Waals surface area (Å²) in [4.78, 5) is 17.4. The van der Waals surface area contributed by atoms with Crippen LogP contribution in [0.15, 0.2) is 4.99 Å². The first kappa shape index (κ1) is 12.4. The van der Waals surface area contributed by atoms with Crippen molar-refractivity contribution >= 4 is 22.8 Å². The summed E-state index contributed by atoms with van der Waals surface area (Å²) in [5, 5.41) is 4.18. The molecule has 1 fully saturated rings. The van der Waals surface area contributed by atoms with E-state index in [0.29, 0.717) is 6.04 Å². The van der Waals surface area contributed by atoms with Gasteiger partial charge in [-0.15, -0.1) is 0 Å². The number of amidine groups is 1. The fourth-order valence-corrected chi connectivity index (χ4v) is 2.29. The maximum absolute atomic E-state index is 11.5. The summed E-state index contributed by atoms with van der Waals surface area (Å²) in [5.74, 6) is 1.16. The Morgan fingerprint density at radius 3 is 3.07 bits per heavy atom. The lowest BCUT2D eigenvalue weighted by molar-refractivity contribution is -0.128. The fraction of sp³-hybridized carbons (Fsp3) is 0.800. The van der Waals surface area contributed by atoms with Crippen LogP contribution in [-0.2, 0) is 4.79 Å². The number of rotatable bonds is 3. The number of aliphatic imine (C=N–C) groups is 1. The SMILES string of the molecule is CCN(C)C(=O)CN=C1NC(C)CCS1. The summed E-state index contributed by atoms with van der Waals surface area (Å²) in [6, 6.07) is 0.476. The van der Waals surface area contributed by atoms with Crippen LogP contribution in [0.25, 0.3) is 0 Å². The largest absolute Gasteiger partial charge is 0.362 e. The van der Waals surface area contributed by atoms with Crippen molar-refractivity contribution in [2.75, 3.05) is 25.9 Å². The van der Waals surface area contributed by atoms with E-state index in [1.165, 1.54) is 0 Å². The van der Waals surface area contributed by atoms with Gasteiger partial charge >= 0.3 is 0 Å². The second kappa shape index (κ2) is 6.00. The Morgan fingerprint density at radius 1 is 1.73 bits per heavy atom. The first-order valence-corrected chi connectivity index (χ1v) is 6.29. The van der Waals surface area contributed by atoms with Crippen LogP contribution < -0.4 is 5.32 Å². The molecule has 15 heavy (non-hydrogen) atoms. The first-order chi connectivity index (χ1) is 7.13. The number of hydrogen-bond donors (Lipinski definition) is 1. The second-order valence-electron chi connectivity index (χ2n) is 3.71. The molecule has 1 aliphatic rings. The van der Waals surface area contributed by atoms with E-state index in [2.05, 4.69) is 17.2 Å². The third-order valence-electron chi connectivity index (χ3n) is 2.42. The van der Waals surface area contributed by atoms with Crippen LogP contribution in [0.4, 0.5) is 0 Å². The van der Waals surface area contributed by atoms with Crippen molar-refractivity contribution in [3.8, 4) is 0 Å². The second-order valence-corrected chi connectivity index (χ2v) is 4.80. The fourth-order valence-electron chi connectivity index (χ4n) is 1.18. The Bertz CT molecular complexity index is 255. The van der Waals surface area contributed by atoms with E-state index < -0.39 is 0 Å². The van der Waals surface area contributed by atoms with E-state index in [-0.39, 0.29) is 12.5 Å². The van der Waals surface area contributed by atoms with Crippen molar-refractivity contribution in [3.05, 3.63) is 0 Å². The molecule has 1 atom stereocenters. The summed E-state index contributed by atoms with van der Waals surface area (Å²) in [6.07, 6.45) is 1.16. The van der Waals surface area contributed by atoms with Gasteiger partial charge in [-0.3, -0.25) is 9.79 Å². The van der Waals surface area contributed by atoms with Crippen molar-refractivity contribution in [2.24, 2.45) is 4.99 Å². The van der Waals surface area contributed by atoms with Crippen molar-refractivity contribution in [2.45, 2.75) is 26.3 Å². The van der Waals surface area contributed by atoms with E-state index >= 15 is 0 Å². The molecule has 4 nitrogen and oxygen atoms in total. The molecule has 0 spiro atoms. The Labute approximate surface area is 95.5 Å². The van der Waals surface area contributed by atoms with Crippen LogP contribution in [-0.4, -0.2) is 47.9 Å². The van der Waals surface area contributed by atoms with E-state index in [9.17, 15) is 4.79 Å². The lowest BCUT2D eigenvalue weighted by Crippen LogP contribution is -2.36. The summed E-state index contributed by atoms with van der Waals surface area (Å²) in [5.41, 5.74) is 0. The lowest BCUT2D eigenvalue weighted by Gasteiger charge is -2.22. The summed E-state index contributed by atoms with van der Waals surface area (Å²) in [6.45, 7) is 5.09. The summed E-state index contributed by atoms with van der Waals surface area (Å²) < 4.78 is 0. The third kappa shape index (κ3) is 4.11. The molecule has 0 radical (unpaired) electrons. The van der Waals surface area contributed by atoms with Crippen LogP contribution in [0.5, 0.6) is 0 Å². The van der Waals surface area contributed by atoms with E-state index in [1.54, 1.807) is 23.7 Å². The minimum Gasteiger partial charge on any atom is -0.362 e. The number of hydrogen-bond acceptors (Lipinski definition) is 3. The number of nitrogens with zero attached hydrogens (tertiary/aromatic N) is 2. The average molecular weight is 229 g/mol. The molecule has 1 unspecified atom stereocenters. The molecule has 5 heteroatoms. The highest BCUT2D eigenvalue weighted by Crippen LogP contribution is 2.13. The van der Waals surface area contributed by atoms with Gasteiger partial charge in [0.2, 0.25) is 5.91 Å². The van der Waals surface area contributed by atoms with E-state index in [1.807, 2.05) is 6.92 Å². The first-order valence-electron chi connectivity index (χ1n) is 5.31. The Balaban J connectivity index is 2.39. The molecule has 0 aromatic rings. The van der Waals surface area contributed by atoms with Gasteiger partial charge < -0.3 is 10.2 Å². The van der Waals surface area contributed by atoms with Crippen molar-refractivity contribution < 1.29 is 4.79 Å². The molecule has 0 bridgehead atoms. The van der Waals surface area contributed by atoms with Crippen LogP contribution >= 0.6 is 11.8 Å². The van der Waals surface area contributed by atoms with Crippen LogP contribution in [0.2, 0.25) is 0 Å². The van der Waals surface area contributed by atoms with Crippen LogP contribution in [0, 0.1) is 0 Å². The summed E-state index contributed by atoms with van der Waals surface area (Å²) >= 11 is 1.70. The van der Waals surface area contributed by atoms with Crippen LogP contribution in [0.1, 0.15) is 20.3 Å². The lowest BCUT2D eigenvalue weighted by atomic mass is 10.3. The smallest absolute Gasteiger partial charge is 0.244 e. The summed E-state index contributed by atoms with van der Waals surface area (Å²) in [7, 11) is 1.80. The van der Waals surface area contributed by atoms with Gasteiger partial charge in [0.15, 0.2) is 5.17 Å². The third-order valence-corrected chi connectivity index (χ3v) is 3.38. The molecule has 0 aromatic heterocycles. The molecule has 1 aliphatic heterocycles.